The summed E-state index contributed by atoms with van der Waals surface area (Å²) in [5.74, 6) is -1.28. The van der Waals surface area contributed by atoms with Gasteiger partial charge >= 0.3 is 0 Å². The van der Waals surface area contributed by atoms with Gasteiger partial charge in [-0.25, -0.2) is 4.39 Å². The third-order valence-electron chi connectivity index (χ3n) is 8.28. The fourth-order valence-corrected chi connectivity index (χ4v) is 7.55. The zero-order valence-corrected chi connectivity index (χ0v) is 21.8. The molecule has 0 saturated carbocycles. The van der Waals surface area contributed by atoms with Gasteiger partial charge in [0.25, 0.3) is 0 Å². The molecule has 3 heterocycles. The summed E-state index contributed by atoms with van der Waals surface area (Å²) in [5.41, 5.74) is 7.41. The van der Waals surface area contributed by atoms with Crippen LogP contribution in [0.4, 0.5) is 20.8 Å². The highest BCUT2D eigenvalue weighted by atomic mass is 32.1. The fraction of sp³-hybridized carbons (Fsp3) is 0.188. The molecule has 0 radical (unpaired) electrons. The van der Waals surface area contributed by atoms with Crippen molar-refractivity contribution in [3.8, 4) is 0 Å². The second-order valence-electron chi connectivity index (χ2n) is 11.1. The number of halogens is 1. The van der Waals surface area contributed by atoms with Crippen LogP contribution in [0.25, 0.3) is 6.08 Å². The number of allylic oxidation sites excluding steroid dienone is 1. The van der Waals surface area contributed by atoms with Crippen molar-refractivity contribution in [2.75, 3.05) is 4.90 Å². The van der Waals surface area contributed by atoms with Gasteiger partial charge in [-0.2, -0.15) is 0 Å². The Labute approximate surface area is 218 Å². The first-order valence-corrected chi connectivity index (χ1v) is 13.2. The number of rotatable bonds is 1. The summed E-state index contributed by atoms with van der Waals surface area (Å²) in [7, 11) is 0. The van der Waals surface area contributed by atoms with Gasteiger partial charge in [0, 0.05) is 26.8 Å². The minimum atomic E-state index is -0.519. The highest BCUT2D eigenvalue weighted by molar-refractivity contribution is 7.17. The lowest BCUT2D eigenvalue weighted by Crippen LogP contribution is -2.37. The second kappa shape index (κ2) is 7.14. The van der Waals surface area contributed by atoms with Crippen molar-refractivity contribution in [1.82, 2.24) is 0 Å². The Morgan fingerprint density at radius 2 is 1.41 bits per heavy atom. The molecule has 1 aromatic heterocycles. The van der Waals surface area contributed by atoms with Crippen LogP contribution >= 0.6 is 11.3 Å². The molecule has 4 aromatic rings. The van der Waals surface area contributed by atoms with E-state index < -0.39 is 11.6 Å². The molecule has 3 aliphatic rings. The number of hydrogen-bond donors (Lipinski definition) is 0. The van der Waals surface area contributed by atoms with Gasteiger partial charge in [-0.05, 0) is 58.7 Å². The van der Waals surface area contributed by atoms with Gasteiger partial charge in [0.15, 0.2) is 11.6 Å². The molecule has 182 valence electrons. The summed E-state index contributed by atoms with van der Waals surface area (Å²) < 4.78 is 13.8. The number of nitrogens with zero attached hydrogens (tertiary/aromatic N) is 1. The Hall–Kier alpha value is -3.83. The number of Topliss-reactive ketones (excluding diaryl/α,β-unsaturated/α-hetero) is 2. The molecule has 0 N–H and O–H groups in total. The van der Waals surface area contributed by atoms with E-state index in [9.17, 15) is 14.0 Å². The van der Waals surface area contributed by atoms with Gasteiger partial charge < -0.3 is 4.90 Å². The van der Waals surface area contributed by atoms with E-state index >= 15 is 0 Å². The molecule has 0 amide bonds. The Kier molecular flexibility index (Phi) is 4.32. The largest absolute Gasteiger partial charge is 0.301 e. The van der Waals surface area contributed by atoms with Gasteiger partial charge in [-0.1, -0.05) is 64.1 Å². The first kappa shape index (κ1) is 22.4. The Morgan fingerprint density at radius 3 is 2.16 bits per heavy atom. The van der Waals surface area contributed by atoms with Gasteiger partial charge in [0.2, 0.25) is 0 Å². The topological polar surface area (TPSA) is 37.4 Å². The molecule has 0 atom stereocenters. The molecular weight excluding hydrogens is 481 g/mol. The lowest BCUT2D eigenvalue weighted by Gasteiger charge is -2.48. The highest BCUT2D eigenvalue weighted by Gasteiger charge is 2.46. The molecule has 3 nitrogen and oxygen atoms in total. The number of para-hydroxylation sites is 2. The molecule has 0 saturated heterocycles. The van der Waals surface area contributed by atoms with Crippen molar-refractivity contribution in [2.45, 2.75) is 38.5 Å². The Morgan fingerprint density at radius 1 is 0.757 bits per heavy atom. The quantitative estimate of drug-likeness (QED) is 0.194. The van der Waals surface area contributed by atoms with E-state index in [4.69, 9.17) is 0 Å². The number of thiophene rings is 1. The van der Waals surface area contributed by atoms with Gasteiger partial charge in [0.05, 0.1) is 16.9 Å². The first-order chi connectivity index (χ1) is 17.6. The van der Waals surface area contributed by atoms with Crippen LogP contribution in [0, 0.1) is 5.82 Å². The second-order valence-corrected chi connectivity index (χ2v) is 12.1. The van der Waals surface area contributed by atoms with E-state index in [0.717, 1.165) is 27.2 Å². The molecule has 7 rings (SSSR count). The number of carbonyl (C=O) groups is 2. The SMILES string of the molecule is CC1(C)c2ccccc2N2c3sc(/C=C4/C(=O)c5ccc(F)cc5C4=O)cc3C(C)(C)c3cccc1c32. The predicted molar refractivity (Wildman–Crippen MR) is 146 cm³/mol. The smallest absolute Gasteiger partial charge is 0.197 e. The molecule has 2 aliphatic heterocycles. The third-order valence-corrected chi connectivity index (χ3v) is 9.35. The standard InChI is InChI=1S/C32H24FNO2S/c1-31(2)22-8-5-6-11-26(22)34-27-23(31)9-7-10-24(27)32(3,4)25-16-18(37-30(25)34)15-21-28(35)19-13-12-17(33)14-20(19)29(21)36/h5-16H,1-4H3/b21-15-. The van der Waals surface area contributed by atoms with Crippen molar-refractivity contribution >= 4 is 45.4 Å². The number of anilines is 3. The van der Waals surface area contributed by atoms with Crippen molar-refractivity contribution in [2.24, 2.45) is 0 Å². The van der Waals surface area contributed by atoms with Gasteiger partial charge in [-0.15, -0.1) is 11.3 Å². The maximum absolute atomic E-state index is 13.8. The minimum Gasteiger partial charge on any atom is -0.301 e. The van der Waals surface area contributed by atoms with Crippen LogP contribution in [0.1, 0.15) is 75.5 Å². The van der Waals surface area contributed by atoms with Gasteiger partial charge in [0.1, 0.15) is 10.8 Å². The number of fused-ring (bicyclic) bond motifs is 5. The number of ketones is 2. The Bertz CT molecular complexity index is 1740. The molecule has 1 aliphatic carbocycles. The highest BCUT2D eigenvalue weighted by Crippen LogP contribution is 2.61. The summed E-state index contributed by atoms with van der Waals surface area (Å²) in [4.78, 5) is 29.3. The number of benzene rings is 3. The zero-order chi connectivity index (χ0) is 25.9. The average Bonchev–Trinajstić information content (AvgIpc) is 3.39. The molecule has 5 heteroatoms. The first-order valence-electron chi connectivity index (χ1n) is 12.4. The lowest BCUT2D eigenvalue weighted by atomic mass is 9.67. The van der Waals surface area contributed by atoms with Crippen LogP contribution in [0.5, 0.6) is 0 Å². The molecule has 3 aromatic carbocycles. The monoisotopic (exact) mass is 505 g/mol. The maximum atomic E-state index is 13.8. The minimum absolute atomic E-state index is 0.0929. The molecule has 37 heavy (non-hydrogen) atoms. The van der Waals surface area contributed by atoms with Crippen LogP contribution in [0.3, 0.4) is 0 Å². The summed E-state index contributed by atoms with van der Waals surface area (Å²) in [6.45, 7) is 9.04. The van der Waals surface area contributed by atoms with Crippen LogP contribution < -0.4 is 4.90 Å². The van der Waals surface area contributed by atoms with Crippen molar-refractivity contribution in [3.05, 3.63) is 116 Å². The van der Waals surface area contributed by atoms with Crippen LogP contribution in [0.2, 0.25) is 0 Å². The van der Waals surface area contributed by atoms with Crippen LogP contribution in [0.15, 0.2) is 72.3 Å². The molecule has 0 fully saturated rings. The van der Waals surface area contributed by atoms with E-state index in [1.807, 2.05) is 0 Å². The number of hydrogen-bond acceptors (Lipinski definition) is 4. The molecule has 0 unspecified atom stereocenters. The van der Waals surface area contributed by atoms with Crippen LogP contribution in [-0.2, 0) is 10.8 Å². The third kappa shape index (κ3) is 2.81. The molecule has 0 spiro atoms. The van der Waals surface area contributed by atoms with Gasteiger partial charge in [-0.3, -0.25) is 9.59 Å². The molecule has 0 bridgehead atoms. The normalized spacial score (nSPS) is 18.9. The van der Waals surface area contributed by atoms with Crippen LogP contribution in [-0.4, -0.2) is 11.6 Å². The predicted octanol–water partition coefficient (Wildman–Crippen LogP) is 8.10. The van der Waals surface area contributed by atoms with Crippen molar-refractivity contribution in [3.63, 3.8) is 0 Å². The Balaban J connectivity index is 1.45. The van der Waals surface area contributed by atoms with E-state index in [1.54, 1.807) is 17.4 Å². The molecular formula is C32H24FNO2S. The maximum Gasteiger partial charge on any atom is 0.197 e. The fourth-order valence-electron chi connectivity index (χ4n) is 6.27. The number of carbonyl (C=O) groups excluding carboxylic acids is 2. The average molecular weight is 506 g/mol. The summed E-state index contributed by atoms with van der Waals surface area (Å²) in [6.07, 6.45) is 1.69. The lowest BCUT2D eigenvalue weighted by molar-refractivity contribution is 0.0990. The van der Waals surface area contributed by atoms with Crippen molar-refractivity contribution < 1.29 is 14.0 Å². The van der Waals surface area contributed by atoms with E-state index in [2.05, 4.69) is 81.1 Å². The summed E-state index contributed by atoms with van der Waals surface area (Å²) in [5, 5.41) is 1.10. The summed E-state index contributed by atoms with van der Waals surface area (Å²) >= 11 is 1.58. The zero-order valence-electron chi connectivity index (χ0n) is 21.0. The van der Waals surface area contributed by atoms with E-state index in [-0.39, 0.29) is 33.3 Å². The summed E-state index contributed by atoms with van der Waals surface area (Å²) in [6, 6.07) is 21.0. The van der Waals surface area contributed by atoms with E-state index in [1.165, 1.54) is 34.5 Å². The van der Waals surface area contributed by atoms with Crippen molar-refractivity contribution in [1.29, 1.82) is 0 Å². The van der Waals surface area contributed by atoms with E-state index in [0.29, 0.717) is 0 Å².